The molecule has 2 aromatic rings. The van der Waals surface area contributed by atoms with Crippen molar-refractivity contribution >= 4 is 44.7 Å². The minimum Gasteiger partial charge on any atom is -0.478 e. The molecule has 7 nitrogen and oxygen atoms in total. The summed E-state index contributed by atoms with van der Waals surface area (Å²) in [5.41, 5.74) is 11.1. The highest BCUT2D eigenvalue weighted by molar-refractivity contribution is 7.92. The monoisotopic (exact) mass is 341 g/mol. The maximum atomic E-state index is 12.4. The largest absolute Gasteiger partial charge is 0.478 e. The molecule has 0 aliphatic carbocycles. The molecule has 116 valence electrons. The summed E-state index contributed by atoms with van der Waals surface area (Å²) in [6.07, 6.45) is 0. The summed E-state index contributed by atoms with van der Waals surface area (Å²) in [5.74, 6) is -1.36. The van der Waals surface area contributed by atoms with Crippen molar-refractivity contribution in [2.45, 2.75) is 4.90 Å². The Morgan fingerprint density at radius 1 is 1.14 bits per heavy atom. The third-order valence-corrected chi connectivity index (χ3v) is 4.66. The van der Waals surface area contributed by atoms with Crippen LogP contribution < -0.4 is 16.2 Å². The molecular formula is C13H12ClN3O4S. The van der Waals surface area contributed by atoms with Crippen LogP contribution in [-0.4, -0.2) is 19.5 Å². The van der Waals surface area contributed by atoms with E-state index in [-0.39, 0.29) is 27.6 Å². The van der Waals surface area contributed by atoms with E-state index in [0.29, 0.717) is 0 Å². The molecule has 0 saturated carbocycles. The molecule has 0 amide bonds. The number of nitrogens with two attached hydrogens (primary N) is 2. The molecule has 2 rings (SSSR count). The highest BCUT2D eigenvalue weighted by Crippen LogP contribution is 2.29. The van der Waals surface area contributed by atoms with Gasteiger partial charge in [0.05, 0.1) is 22.0 Å². The molecule has 6 N–H and O–H groups in total. The maximum Gasteiger partial charge on any atom is 0.337 e. The third-order valence-electron chi connectivity index (χ3n) is 2.83. The van der Waals surface area contributed by atoms with Gasteiger partial charge >= 0.3 is 5.97 Å². The van der Waals surface area contributed by atoms with Gasteiger partial charge in [0.1, 0.15) is 4.90 Å². The van der Waals surface area contributed by atoms with Crippen molar-refractivity contribution < 1.29 is 18.3 Å². The number of aromatic carboxylic acids is 1. The van der Waals surface area contributed by atoms with Crippen molar-refractivity contribution in [1.29, 1.82) is 0 Å². The van der Waals surface area contributed by atoms with Crippen molar-refractivity contribution in [3.8, 4) is 0 Å². The fourth-order valence-electron chi connectivity index (χ4n) is 1.75. The Labute approximate surface area is 131 Å². The summed E-state index contributed by atoms with van der Waals surface area (Å²) in [5, 5.41) is 8.83. The fourth-order valence-corrected chi connectivity index (χ4v) is 3.40. The number of halogens is 1. The first-order valence-corrected chi connectivity index (χ1v) is 7.78. The van der Waals surface area contributed by atoms with E-state index in [2.05, 4.69) is 4.72 Å². The van der Waals surface area contributed by atoms with Gasteiger partial charge in [-0.05, 0) is 24.3 Å². The van der Waals surface area contributed by atoms with Gasteiger partial charge in [-0.2, -0.15) is 0 Å². The van der Waals surface area contributed by atoms with Crippen LogP contribution in [0, 0.1) is 0 Å². The van der Waals surface area contributed by atoms with Crippen LogP contribution in [0.25, 0.3) is 0 Å². The van der Waals surface area contributed by atoms with E-state index in [9.17, 15) is 13.2 Å². The Kier molecular flexibility index (Phi) is 4.16. The van der Waals surface area contributed by atoms with Gasteiger partial charge in [-0.3, -0.25) is 4.72 Å². The summed E-state index contributed by atoms with van der Waals surface area (Å²) in [6, 6.07) is 8.21. The lowest BCUT2D eigenvalue weighted by molar-refractivity contribution is 0.0698. The number of carbonyl (C=O) groups is 1. The molecule has 0 aliphatic rings. The first kappa shape index (κ1) is 15.9. The fraction of sp³-hybridized carbons (Fsp3) is 0. The summed E-state index contributed by atoms with van der Waals surface area (Å²) in [6.45, 7) is 0. The number of hydrogen-bond donors (Lipinski definition) is 4. The SMILES string of the molecule is Nc1ccccc1NS(=O)(=O)c1cc(C(=O)O)c(N)cc1Cl. The van der Waals surface area contributed by atoms with Crippen LogP contribution in [0.4, 0.5) is 17.1 Å². The molecule has 0 unspecified atom stereocenters. The molecule has 0 aromatic heterocycles. The number of sulfonamides is 1. The summed E-state index contributed by atoms with van der Waals surface area (Å²) in [4.78, 5) is 10.7. The topological polar surface area (TPSA) is 136 Å². The average molecular weight is 342 g/mol. The molecule has 0 spiro atoms. The van der Waals surface area contributed by atoms with Crippen LogP contribution in [0.2, 0.25) is 5.02 Å². The lowest BCUT2D eigenvalue weighted by Gasteiger charge is -2.12. The van der Waals surface area contributed by atoms with E-state index in [0.717, 1.165) is 12.1 Å². The smallest absolute Gasteiger partial charge is 0.337 e. The zero-order valence-corrected chi connectivity index (χ0v) is 12.6. The van der Waals surface area contributed by atoms with Crippen molar-refractivity contribution in [2.24, 2.45) is 0 Å². The molecular weight excluding hydrogens is 330 g/mol. The number of hydrogen-bond acceptors (Lipinski definition) is 5. The van der Waals surface area contributed by atoms with Crippen LogP contribution in [0.5, 0.6) is 0 Å². The number of anilines is 3. The van der Waals surface area contributed by atoms with Crippen LogP contribution in [0.3, 0.4) is 0 Å². The molecule has 0 atom stereocenters. The van der Waals surface area contributed by atoms with Gasteiger partial charge in [0.25, 0.3) is 10.0 Å². The molecule has 0 saturated heterocycles. The highest BCUT2D eigenvalue weighted by Gasteiger charge is 2.22. The van der Waals surface area contributed by atoms with Gasteiger partial charge in [-0.15, -0.1) is 0 Å². The molecule has 2 aromatic carbocycles. The summed E-state index contributed by atoms with van der Waals surface area (Å²) >= 11 is 5.87. The minimum absolute atomic E-state index is 0.129. The normalized spacial score (nSPS) is 11.1. The van der Waals surface area contributed by atoms with E-state index in [1.165, 1.54) is 12.1 Å². The van der Waals surface area contributed by atoms with Crippen LogP contribution in [0.1, 0.15) is 10.4 Å². The Morgan fingerprint density at radius 2 is 1.77 bits per heavy atom. The second-order valence-corrected chi connectivity index (χ2v) is 6.43. The first-order chi connectivity index (χ1) is 10.2. The molecule has 22 heavy (non-hydrogen) atoms. The first-order valence-electron chi connectivity index (χ1n) is 5.92. The van der Waals surface area contributed by atoms with E-state index in [1.54, 1.807) is 12.1 Å². The standard InChI is InChI=1S/C13H12ClN3O4S/c14-8-6-10(16)7(13(18)19)5-12(8)22(20,21)17-11-4-2-1-3-9(11)15/h1-6,17H,15-16H2,(H,18,19). The number of nitrogen functional groups attached to an aromatic ring is 2. The lowest BCUT2D eigenvalue weighted by atomic mass is 10.2. The van der Waals surface area contributed by atoms with Gasteiger partial charge in [0.15, 0.2) is 0 Å². The Bertz CT molecular complexity index is 852. The number of rotatable bonds is 4. The average Bonchev–Trinajstić information content (AvgIpc) is 2.40. The van der Waals surface area contributed by atoms with Crippen molar-refractivity contribution in [3.63, 3.8) is 0 Å². The molecule has 9 heteroatoms. The minimum atomic E-state index is -4.12. The Morgan fingerprint density at radius 3 is 2.36 bits per heavy atom. The van der Waals surface area contributed by atoms with Crippen molar-refractivity contribution in [2.75, 3.05) is 16.2 Å². The molecule has 0 bridgehead atoms. The Balaban J connectivity index is 2.52. The van der Waals surface area contributed by atoms with Gasteiger partial charge in [-0.1, -0.05) is 23.7 Å². The lowest BCUT2D eigenvalue weighted by Crippen LogP contribution is -2.16. The van der Waals surface area contributed by atoms with Gasteiger partial charge in [-0.25, -0.2) is 13.2 Å². The molecule has 0 radical (unpaired) electrons. The molecule has 0 fully saturated rings. The zero-order valence-electron chi connectivity index (χ0n) is 11.1. The Hall–Kier alpha value is -2.45. The summed E-state index contributed by atoms with van der Waals surface area (Å²) in [7, 11) is -4.12. The van der Waals surface area contributed by atoms with Gasteiger partial charge < -0.3 is 16.6 Å². The predicted octanol–water partition coefficient (Wildman–Crippen LogP) is 2.00. The van der Waals surface area contributed by atoms with Crippen molar-refractivity contribution in [3.05, 3.63) is 47.0 Å². The third kappa shape index (κ3) is 3.07. The number of para-hydroxylation sites is 2. The summed E-state index contributed by atoms with van der Waals surface area (Å²) < 4.78 is 27.0. The quantitative estimate of drug-likeness (QED) is 0.628. The predicted molar refractivity (Wildman–Crippen MR) is 84.5 cm³/mol. The second kappa shape index (κ2) is 5.74. The van der Waals surface area contributed by atoms with Crippen LogP contribution >= 0.6 is 11.6 Å². The van der Waals surface area contributed by atoms with Gasteiger partial charge in [0, 0.05) is 5.69 Å². The van der Waals surface area contributed by atoms with Crippen LogP contribution in [0.15, 0.2) is 41.3 Å². The van der Waals surface area contributed by atoms with Crippen molar-refractivity contribution in [1.82, 2.24) is 0 Å². The maximum absolute atomic E-state index is 12.4. The zero-order chi connectivity index (χ0) is 16.5. The van der Waals surface area contributed by atoms with E-state index < -0.39 is 20.9 Å². The number of carboxylic acids is 1. The van der Waals surface area contributed by atoms with Crippen LogP contribution in [-0.2, 0) is 10.0 Å². The highest BCUT2D eigenvalue weighted by atomic mass is 35.5. The number of nitrogens with one attached hydrogen (secondary N) is 1. The number of carboxylic acid groups (broad SMARTS) is 1. The number of benzene rings is 2. The van der Waals surface area contributed by atoms with E-state index in [4.69, 9.17) is 28.2 Å². The van der Waals surface area contributed by atoms with E-state index >= 15 is 0 Å². The molecule has 0 heterocycles. The second-order valence-electron chi connectivity index (χ2n) is 4.37. The van der Waals surface area contributed by atoms with E-state index in [1.807, 2.05) is 0 Å². The molecule has 0 aliphatic heterocycles. The van der Waals surface area contributed by atoms with Gasteiger partial charge in [0.2, 0.25) is 0 Å².